The Labute approximate surface area is 121 Å². The van der Waals surface area contributed by atoms with E-state index in [9.17, 15) is 0 Å². The SMILES string of the molecule is CCc1nc(N)c(C)c(Nc2ccc(Br)cc2C)n1. The molecule has 0 unspecified atom stereocenters. The van der Waals surface area contributed by atoms with Crippen LogP contribution in [-0.2, 0) is 6.42 Å². The van der Waals surface area contributed by atoms with Crippen LogP contribution in [0.1, 0.15) is 23.9 Å². The molecule has 1 aromatic carbocycles. The van der Waals surface area contributed by atoms with Crippen molar-refractivity contribution in [3.05, 3.63) is 39.6 Å². The summed E-state index contributed by atoms with van der Waals surface area (Å²) in [6.07, 6.45) is 0.762. The summed E-state index contributed by atoms with van der Waals surface area (Å²) in [6, 6.07) is 6.07. The van der Waals surface area contributed by atoms with E-state index < -0.39 is 0 Å². The van der Waals surface area contributed by atoms with Crippen LogP contribution in [0.25, 0.3) is 0 Å². The van der Waals surface area contributed by atoms with E-state index in [0.29, 0.717) is 5.82 Å². The molecule has 0 radical (unpaired) electrons. The van der Waals surface area contributed by atoms with Crippen molar-refractivity contribution in [2.45, 2.75) is 27.2 Å². The lowest BCUT2D eigenvalue weighted by Gasteiger charge is -2.13. The van der Waals surface area contributed by atoms with E-state index in [2.05, 4.69) is 37.3 Å². The summed E-state index contributed by atoms with van der Waals surface area (Å²) in [5.41, 5.74) is 8.95. The Kier molecular flexibility index (Phi) is 4.04. The molecule has 0 saturated carbocycles. The molecule has 4 nitrogen and oxygen atoms in total. The second-order valence-electron chi connectivity index (χ2n) is 4.44. The standard InChI is InChI=1S/C14H17BrN4/c1-4-12-18-13(16)9(3)14(19-12)17-11-6-5-10(15)7-8(11)2/h5-7H,4H2,1-3H3,(H3,16,17,18,19). The van der Waals surface area contributed by atoms with Crippen LogP contribution in [0.5, 0.6) is 0 Å². The molecule has 0 aliphatic heterocycles. The third kappa shape index (κ3) is 3.04. The third-order valence-electron chi connectivity index (χ3n) is 2.99. The topological polar surface area (TPSA) is 63.8 Å². The van der Waals surface area contributed by atoms with Crippen molar-refractivity contribution >= 4 is 33.3 Å². The monoisotopic (exact) mass is 320 g/mol. The lowest BCUT2D eigenvalue weighted by molar-refractivity contribution is 0.940. The van der Waals surface area contributed by atoms with Crippen LogP contribution in [-0.4, -0.2) is 9.97 Å². The number of halogens is 1. The fraction of sp³-hybridized carbons (Fsp3) is 0.286. The molecule has 0 spiro atoms. The summed E-state index contributed by atoms with van der Waals surface area (Å²) in [5, 5.41) is 3.33. The van der Waals surface area contributed by atoms with Gasteiger partial charge in [0.05, 0.1) is 0 Å². The minimum atomic E-state index is 0.532. The zero-order valence-corrected chi connectivity index (χ0v) is 12.9. The molecule has 1 aromatic heterocycles. The highest BCUT2D eigenvalue weighted by molar-refractivity contribution is 9.10. The lowest BCUT2D eigenvalue weighted by atomic mass is 10.2. The van der Waals surface area contributed by atoms with Crippen molar-refractivity contribution in [1.82, 2.24) is 9.97 Å². The van der Waals surface area contributed by atoms with Gasteiger partial charge in [0.1, 0.15) is 17.5 Å². The van der Waals surface area contributed by atoms with Crippen molar-refractivity contribution in [3.63, 3.8) is 0 Å². The van der Waals surface area contributed by atoms with E-state index in [-0.39, 0.29) is 0 Å². The Morgan fingerprint density at radius 3 is 2.63 bits per heavy atom. The summed E-state index contributed by atoms with van der Waals surface area (Å²) >= 11 is 3.46. The van der Waals surface area contributed by atoms with Crippen LogP contribution in [0.2, 0.25) is 0 Å². The van der Waals surface area contributed by atoms with Gasteiger partial charge in [-0.3, -0.25) is 0 Å². The number of nitrogens with zero attached hydrogens (tertiary/aromatic N) is 2. The number of nitrogen functional groups attached to an aromatic ring is 1. The zero-order valence-electron chi connectivity index (χ0n) is 11.3. The molecule has 0 saturated heterocycles. The van der Waals surface area contributed by atoms with E-state index in [1.807, 2.05) is 32.9 Å². The minimum absolute atomic E-state index is 0.532. The van der Waals surface area contributed by atoms with E-state index in [1.54, 1.807) is 0 Å². The lowest BCUT2D eigenvalue weighted by Crippen LogP contribution is -2.07. The summed E-state index contributed by atoms with van der Waals surface area (Å²) < 4.78 is 1.06. The van der Waals surface area contributed by atoms with Gasteiger partial charge in [-0.15, -0.1) is 0 Å². The molecule has 0 atom stereocenters. The van der Waals surface area contributed by atoms with Crippen LogP contribution in [0.3, 0.4) is 0 Å². The van der Waals surface area contributed by atoms with E-state index in [0.717, 1.165) is 39.4 Å². The second kappa shape index (κ2) is 5.57. The van der Waals surface area contributed by atoms with E-state index in [1.165, 1.54) is 0 Å². The first-order chi connectivity index (χ1) is 9.01. The highest BCUT2D eigenvalue weighted by atomic mass is 79.9. The normalized spacial score (nSPS) is 10.5. The molecule has 3 N–H and O–H groups in total. The molecule has 0 bridgehead atoms. The molecule has 100 valence electrons. The number of hydrogen-bond acceptors (Lipinski definition) is 4. The summed E-state index contributed by atoms with van der Waals surface area (Å²) in [4.78, 5) is 8.75. The summed E-state index contributed by atoms with van der Waals surface area (Å²) in [6.45, 7) is 5.98. The molecule has 5 heteroatoms. The first kappa shape index (κ1) is 13.8. The van der Waals surface area contributed by atoms with Crippen molar-refractivity contribution in [1.29, 1.82) is 0 Å². The van der Waals surface area contributed by atoms with Gasteiger partial charge in [0.15, 0.2) is 0 Å². The van der Waals surface area contributed by atoms with Crippen LogP contribution < -0.4 is 11.1 Å². The minimum Gasteiger partial charge on any atom is -0.383 e. The van der Waals surface area contributed by atoms with Crippen LogP contribution in [0.15, 0.2) is 22.7 Å². The smallest absolute Gasteiger partial charge is 0.139 e. The van der Waals surface area contributed by atoms with Gasteiger partial charge in [-0.05, 0) is 37.6 Å². The van der Waals surface area contributed by atoms with Crippen LogP contribution in [0, 0.1) is 13.8 Å². The van der Waals surface area contributed by atoms with Gasteiger partial charge in [0, 0.05) is 22.1 Å². The summed E-state index contributed by atoms with van der Waals surface area (Å²) in [7, 11) is 0. The maximum absolute atomic E-state index is 5.91. The quantitative estimate of drug-likeness (QED) is 0.904. The number of anilines is 3. The number of aromatic nitrogens is 2. The van der Waals surface area contributed by atoms with Gasteiger partial charge in [-0.2, -0.15) is 0 Å². The number of benzene rings is 1. The molecule has 0 fully saturated rings. The van der Waals surface area contributed by atoms with Gasteiger partial charge in [-0.25, -0.2) is 9.97 Å². The average Bonchev–Trinajstić information content (AvgIpc) is 2.37. The molecule has 2 aromatic rings. The maximum Gasteiger partial charge on any atom is 0.139 e. The zero-order chi connectivity index (χ0) is 14.0. The second-order valence-corrected chi connectivity index (χ2v) is 5.35. The molecule has 0 aliphatic rings. The highest BCUT2D eigenvalue weighted by Crippen LogP contribution is 2.26. The molecule has 1 heterocycles. The number of rotatable bonds is 3. The number of nitrogens with one attached hydrogen (secondary N) is 1. The van der Waals surface area contributed by atoms with Crippen molar-refractivity contribution < 1.29 is 0 Å². The Balaban J connectivity index is 2.40. The van der Waals surface area contributed by atoms with E-state index >= 15 is 0 Å². The molecular weight excluding hydrogens is 304 g/mol. The number of hydrogen-bond donors (Lipinski definition) is 2. The third-order valence-corrected chi connectivity index (χ3v) is 3.48. The average molecular weight is 321 g/mol. The fourth-order valence-electron chi connectivity index (χ4n) is 1.76. The van der Waals surface area contributed by atoms with Crippen LogP contribution >= 0.6 is 15.9 Å². The summed E-state index contributed by atoms with van der Waals surface area (Å²) in [5.74, 6) is 2.05. The molecule has 0 amide bonds. The first-order valence-electron chi connectivity index (χ1n) is 6.17. The maximum atomic E-state index is 5.91. The fourth-order valence-corrected chi connectivity index (χ4v) is 2.23. The van der Waals surface area contributed by atoms with Gasteiger partial charge >= 0.3 is 0 Å². The largest absolute Gasteiger partial charge is 0.383 e. The molecular formula is C14H17BrN4. The number of nitrogens with two attached hydrogens (primary N) is 1. The van der Waals surface area contributed by atoms with Gasteiger partial charge in [0.2, 0.25) is 0 Å². The molecule has 2 rings (SSSR count). The molecule has 19 heavy (non-hydrogen) atoms. The van der Waals surface area contributed by atoms with Gasteiger partial charge in [0.25, 0.3) is 0 Å². The predicted molar refractivity (Wildman–Crippen MR) is 82.7 cm³/mol. The first-order valence-corrected chi connectivity index (χ1v) is 6.96. The van der Waals surface area contributed by atoms with E-state index in [4.69, 9.17) is 5.73 Å². The Bertz CT molecular complexity index is 611. The Morgan fingerprint density at radius 1 is 1.26 bits per heavy atom. The van der Waals surface area contributed by atoms with Crippen molar-refractivity contribution in [3.8, 4) is 0 Å². The van der Waals surface area contributed by atoms with Crippen molar-refractivity contribution in [2.75, 3.05) is 11.1 Å². The van der Waals surface area contributed by atoms with Crippen LogP contribution in [0.4, 0.5) is 17.3 Å². The van der Waals surface area contributed by atoms with Crippen molar-refractivity contribution in [2.24, 2.45) is 0 Å². The highest BCUT2D eigenvalue weighted by Gasteiger charge is 2.09. The van der Waals surface area contributed by atoms with Gasteiger partial charge in [-0.1, -0.05) is 22.9 Å². The predicted octanol–water partition coefficient (Wildman–Crippen LogP) is 3.74. The Morgan fingerprint density at radius 2 is 2.00 bits per heavy atom. The van der Waals surface area contributed by atoms with Gasteiger partial charge < -0.3 is 11.1 Å². The Hall–Kier alpha value is -1.62. The number of aryl methyl sites for hydroxylation is 2. The molecule has 0 aliphatic carbocycles.